The maximum Gasteiger partial charge on any atom is 0.181 e. The summed E-state index contributed by atoms with van der Waals surface area (Å²) in [6, 6.07) is 14.3. The van der Waals surface area contributed by atoms with Gasteiger partial charge in [-0.1, -0.05) is 81.5 Å². The van der Waals surface area contributed by atoms with E-state index >= 15 is 0 Å². The van der Waals surface area contributed by atoms with Crippen LogP contribution in [-0.2, 0) is 9.78 Å². The van der Waals surface area contributed by atoms with E-state index < -0.39 is 0 Å². The molecule has 0 fully saturated rings. The Labute approximate surface area is 173 Å². The molecule has 0 N–H and O–H groups in total. The molecule has 0 atom stereocenters. The van der Waals surface area contributed by atoms with Gasteiger partial charge in [-0.2, -0.15) is 9.78 Å². The molecule has 0 aliphatic heterocycles. The van der Waals surface area contributed by atoms with Gasteiger partial charge < -0.3 is 9.78 Å². The molecule has 0 bridgehead atoms. The molecule has 0 spiro atoms. The van der Waals surface area contributed by atoms with Crippen molar-refractivity contribution in [1.82, 2.24) is 0 Å². The Hall–Kier alpha value is -2.30. The van der Waals surface area contributed by atoms with Crippen LogP contribution in [-0.4, -0.2) is 13.2 Å². The lowest BCUT2D eigenvalue weighted by Gasteiger charge is -2.16. The summed E-state index contributed by atoms with van der Waals surface area (Å²) >= 11 is 0. The first-order valence-corrected chi connectivity index (χ1v) is 10.8. The van der Waals surface area contributed by atoms with Crippen LogP contribution in [0.25, 0.3) is 21.5 Å². The van der Waals surface area contributed by atoms with E-state index in [1.54, 1.807) is 0 Å². The third kappa shape index (κ3) is 5.40. The van der Waals surface area contributed by atoms with Gasteiger partial charge in [0.05, 0.1) is 13.2 Å². The normalized spacial score (nSPS) is 11.3. The molecular formula is C25H32O4. The van der Waals surface area contributed by atoms with Gasteiger partial charge >= 0.3 is 0 Å². The minimum atomic E-state index is 0.578. The molecule has 156 valence electrons. The van der Waals surface area contributed by atoms with Gasteiger partial charge in [0.15, 0.2) is 11.5 Å². The highest BCUT2D eigenvalue weighted by Crippen LogP contribution is 2.43. The summed E-state index contributed by atoms with van der Waals surface area (Å²) in [5.74, 6) is 1.46. The largest absolute Gasteiger partial charge is 0.336 e. The number of fused-ring (bicyclic) bond motifs is 2. The second-order valence-electron chi connectivity index (χ2n) is 7.48. The quantitative estimate of drug-likeness (QED) is 0.139. The lowest BCUT2D eigenvalue weighted by molar-refractivity contribution is -0.206. The number of hydrogen-bond donors (Lipinski definition) is 0. The highest BCUT2D eigenvalue weighted by atomic mass is 17.2. The molecule has 3 rings (SSSR count). The van der Waals surface area contributed by atoms with Crippen molar-refractivity contribution in [3.63, 3.8) is 0 Å². The van der Waals surface area contributed by atoms with Crippen LogP contribution < -0.4 is 9.78 Å². The molecule has 0 heterocycles. The minimum Gasteiger partial charge on any atom is -0.336 e. The monoisotopic (exact) mass is 396 g/mol. The van der Waals surface area contributed by atoms with E-state index in [0.29, 0.717) is 13.2 Å². The van der Waals surface area contributed by atoms with E-state index in [9.17, 15) is 0 Å². The average Bonchev–Trinajstić information content (AvgIpc) is 2.74. The summed E-state index contributed by atoms with van der Waals surface area (Å²) in [5.41, 5.74) is 1.15. The topological polar surface area (TPSA) is 36.9 Å². The smallest absolute Gasteiger partial charge is 0.181 e. The molecular weight excluding hydrogens is 364 g/mol. The van der Waals surface area contributed by atoms with E-state index in [0.717, 1.165) is 77.1 Å². The Morgan fingerprint density at radius 2 is 1.14 bits per heavy atom. The molecule has 0 radical (unpaired) electrons. The highest BCUT2D eigenvalue weighted by Gasteiger charge is 2.18. The Balaban J connectivity index is 1.96. The van der Waals surface area contributed by atoms with Crippen LogP contribution in [0.3, 0.4) is 0 Å². The minimum absolute atomic E-state index is 0.578. The Kier molecular flexibility index (Phi) is 8.14. The van der Waals surface area contributed by atoms with Gasteiger partial charge in [0, 0.05) is 21.5 Å². The third-order valence-corrected chi connectivity index (χ3v) is 5.03. The van der Waals surface area contributed by atoms with Crippen molar-refractivity contribution in [3.05, 3.63) is 48.0 Å². The number of aryl methyl sites for hydroxylation is 1. The second-order valence-corrected chi connectivity index (χ2v) is 7.48. The SMILES string of the molecule is CCCCCOOc1c2ccccc2c(OOCCCCC)c2cc(C)ccc12. The van der Waals surface area contributed by atoms with E-state index in [1.165, 1.54) is 0 Å². The zero-order chi connectivity index (χ0) is 20.5. The average molecular weight is 397 g/mol. The third-order valence-electron chi connectivity index (χ3n) is 5.03. The van der Waals surface area contributed by atoms with Crippen LogP contribution in [0.2, 0.25) is 0 Å². The van der Waals surface area contributed by atoms with Crippen molar-refractivity contribution >= 4 is 21.5 Å². The molecule has 0 saturated heterocycles. The Bertz CT molecular complexity index is 919. The fourth-order valence-electron chi connectivity index (χ4n) is 3.42. The summed E-state index contributed by atoms with van der Waals surface area (Å²) < 4.78 is 0. The molecule has 0 amide bonds. The van der Waals surface area contributed by atoms with E-state index in [2.05, 4.69) is 39.0 Å². The first-order chi connectivity index (χ1) is 14.3. The van der Waals surface area contributed by atoms with Crippen LogP contribution in [0.1, 0.15) is 57.9 Å². The summed E-state index contributed by atoms with van der Waals surface area (Å²) in [6.45, 7) is 7.58. The van der Waals surface area contributed by atoms with Crippen LogP contribution in [0, 0.1) is 6.92 Å². The van der Waals surface area contributed by atoms with Gasteiger partial charge in [0.1, 0.15) is 0 Å². The highest BCUT2D eigenvalue weighted by molar-refractivity contribution is 6.11. The van der Waals surface area contributed by atoms with Crippen molar-refractivity contribution < 1.29 is 19.6 Å². The summed E-state index contributed by atoms with van der Waals surface area (Å²) in [7, 11) is 0. The zero-order valence-corrected chi connectivity index (χ0v) is 17.8. The van der Waals surface area contributed by atoms with Gasteiger partial charge in [0.25, 0.3) is 0 Å². The molecule has 0 aliphatic carbocycles. The fourth-order valence-corrected chi connectivity index (χ4v) is 3.42. The van der Waals surface area contributed by atoms with Gasteiger partial charge in [-0.25, -0.2) is 0 Å². The molecule has 3 aromatic carbocycles. The standard InChI is InChI=1S/C25H32O4/c1-4-6-10-16-26-28-24-20-12-8-9-13-21(20)25(29-27-17-11-7-5-2)23-18-19(3)14-15-22(23)24/h8-9,12-15,18H,4-7,10-11,16-17H2,1-3H3. The Morgan fingerprint density at radius 1 is 0.621 bits per heavy atom. The van der Waals surface area contributed by atoms with Gasteiger partial charge in [-0.15, -0.1) is 0 Å². The summed E-state index contributed by atoms with van der Waals surface area (Å²) in [6.07, 6.45) is 6.53. The van der Waals surface area contributed by atoms with Crippen molar-refractivity contribution in [1.29, 1.82) is 0 Å². The lowest BCUT2D eigenvalue weighted by atomic mass is 9.99. The molecule has 0 unspecified atom stereocenters. The number of rotatable bonds is 12. The van der Waals surface area contributed by atoms with E-state index in [-0.39, 0.29) is 0 Å². The number of benzene rings is 3. The second kappa shape index (κ2) is 11.0. The lowest BCUT2D eigenvalue weighted by Crippen LogP contribution is -2.03. The van der Waals surface area contributed by atoms with Crippen LogP contribution in [0.15, 0.2) is 42.5 Å². The molecule has 0 saturated carbocycles. The van der Waals surface area contributed by atoms with E-state index in [4.69, 9.17) is 19.6 Å². The van der Waals surface area contributed by atoms with Crippen LogP contribution in [0.4, 0.5) is 0 Å². The molecule has 0 aliphatic rings. The number of unbranched alkanes of at least 4 members (excludes halogenated alkanes) is 4. The predicted molar refractivity (Wildman–Crippen MR) is 118 cm³/mol. The first-order valence-electron chi connectivity index (χ1n) is 10.8. The molecule has 29 heavy (non-hydrogen) atoms. The van der Waals surface area contributed by atoms with Gasteiger partial charge in [-0.05, 0) is 25.8 Å². The molecule has 3 aromatic rings. The predicted octanol–water partition coefficient (Wildman–Crippen LogP) is 7.30. The zero-order valence-electron chi connectivity index (χ0n) is 17.8. The molecule has 0 aromatic heterocycles. The molecule has 4 heteroatoms. The van der Waals surface area contributed by atoms with E-state index in [1.807, 2.05) is 24.3 Å². The van der Waals surface area contributed by atoms with Crippen molar-refractivity contribution in [2.24, 2.45) is 0 Å². The van der Waals surface area contributed by atoms with Crippen molar-refractivity contribution in [2.45, 2.75) is 59.3 Å². The van der Waals surface area contributed by atoms with Crippen molar-refractivity contribution in [2.75, 3.05) is 13.2 Å². The van der Waals surface area contributed by atoms with Crippen molar-refractivity contribution in [3.8, 4) is 11.5 Å². The maximum atomic E-state index is 5.85. The maximum absolute atomic E-state index is 5.85. The van der Waals surface area contributed by atoms with Gasteiger partial charge in [-0.3, -0.25) is 0 Å². The first kappa shape index (κ1) is 21.4. The number of hydrogen-bond acceptors (Lipinski definition) is 4. The summed E-state index contributed by atoms with van der Waals surface area (Å²) in [4.78, 5) is 22.8. The Morgan fingerprint density at radius 3 is 1.69 bits per heavy atom. The van der Waals surface area contributed by atoms with Gasteiger partial charge in [0.2, 0.25) is 0 Å². The van der Waals surface area contributed by atoms with Crippen LogP contribution >= 0.6 is 0 Å². The molecule has 4 nitrogen and oxygen atoms in total. The fraction of sp³-hybridized carbons (Fsp3) is 0.440. The van der Waals surface area contributed by atoms with Crippen LogP contribution in [0.5, 0.6) is 11.5 Å². The summed E-state index contributed by atoms with van der Waals surface area (Å²) in [5, 5.41) is 3.82.